The molecule has 1 amide bonds. The van der Waals surface area contributed by atoms with Gasteiger partial charge in [0.2, 0.25) is 17.7 Å². The molecule has 9 nitrogen and oxygen atoms in total. The van der Waals surface area contributed by atoms with Crippen LogP contribution in [0.5, 0.6) is 0 Å². The highest BCUT2D eigenvalue weighted by Gasteiger charge is 2.36. The van der Waals surface area contributed by atoms with Crippen LogP contribution in [0, 0.1) is 0 Å². The summed E-state index contributed by atoms with van der Waals surface area (Å²) in [6.45, 7) is 0.0520. The minimum absolute atomic E-state index is 0.0520. The van der Waals surface area contributed by atoms with E-state index in [1.54, 1.807) is 6.07 Å². The van der Waals surface area contributed by atoms with Gasteiger partial charge in [-0.1, -0.05) is 35.5 Å². The Balaban J connectivity index is 1.57. The Kier molecular flexibility index (Phi) is 6.02. The van der Waals surface area contributed by atoms with Crippen LogP contribution in [0.2, 0.25) is 0 Å². The van der Waals surface area contributed by atoms with Gasteiger partial charge in [-0.15, -0.1) is 0 Å². The van der Waals surface area contributed by atoms with E-state index < -0.39 is 12.1 Å². The number of furan rings is 1. The maximum atomic E-state index is 13.3. The number of rotatable bonds is 7. The second-order valence-electron chi connectivity index (χ2n) is 6.81. The molecule has 158 valence electrons. The molecular formula is C22H20N4O5. The topological polar surface area (TPSA) is 107 Å². The second-order valence-corrected chi connectivity index (χ2v) is 6.81. The molecule has 9 heteroatoms. The Morgan fingerprint density at radius 1 is 1.16 bits per heavy atom. The number of carbonyl (C=O) groups excluding carboxylic acids is 2. The Morgan fingerprint density at radius 3 is 2.74 bits per heavy atom. The van der Waals surface area contributed by atoms with Gasteiger partial charge in [0.1, 0.15) is 11.5 Å². The fourth-order valence-corrected chi connectivity index (χ4v) is 3.19. The summed E-state index contributed by atoms with van der Waals surface area (Å²) in [6.07, 6.45) is 4.89. The summed E-state index contributed by atoms with van der Waals surface area (Å²) in [6, 6.07) is 12.9. The minimum Gasteiger partial charge on any atom is -0.463 e. The third-order valence-corrected chi connectivity index (χ3v) is 4.76. The molecule has 1 unspecified atom stereocenters. The molecule has 0 bridgehead atoms. The van der Waals surface area contributed by atoms with Crippen molar-refractivity contribution in [2.75, 3.05) is 7.11 Å². The lowest BCUT2D eigenvalue weighted by Gasteiger charge is -2.30. The van der Waals surface area contributed by atoms with E-state index in [4.69, 9.17) is 9.25 Å². The number of amides is 1. The predicted molar refractivity (Wildman–Crippen MR) is 109 cm³/mol. The number of amidine groups is 1. The van der Waals surface area contributed by atoms with Gasteiger partial charge in [-0.05, 0) is 24.1 Å². The number of methoxy groups -OCH3 is 1. The molecule has 0 saturated carbocycles. The van der Waals surface area contributed by atoms with E-state index in [9.17, 15) is 9.59 Å². The van der Waals surface area contributed by atoms with E-state index in [1.165, 1.54) is 36.7 Å². The number of hydrogen-bond donors (Lipinski definition) is 0. The van der Waals surface area contributed by atoms with Crippen molar-refractivity contribution in [3.8, 4) is 0 Å². The van der Waals surface area contributed by atoms with Crippen molar-refractivity contribution in [1.29, 1.82) is 0 Å². The zero-order valence-corrected chi connectivity index (χ0v) is 16.8. The van der Waals surface area contributed by atoms with Gasteiger partial charge in [-0.25, -0.2) is 9.78 Å². The SMILES string of the molecule is COC(=O)c1ccc(CN2C(=O)C(CCc3ccccc3)ON=C2c2cnccn2)o1. The molecule has 1 atom stereocenters. The zero-order chi connectivity index (χ0) is 21.6. The highest BCUT2D eigenvalue weighted by molar-refractivity contribution is 6.08. The number of nitrogens with zero attached hydrogens (tertiary/aromatic N) is 4. The van der Waals surface area contributed by atoms with Gasteiger partial charge < -0.3 is 14.0 Å². The van der Waals surface area contributed by atoms with Crippen molar-refractivity contribution in [3.05, 3.63) is 83.8 Å². The molecule has 2 aromatic heterocycles. The van der Waals surface area contributed by atoms with E-state index in [2.05, 4.69) is 19.9 Å². The van der Waals surface area contributed by atoms with Crippen molar-refractivity contribution in [3.63, 3.8) is 0 Å². The van der Waals surface area contributed by atoms with E-state index in [0.29, 0.717) is 24.3 Å². The number of esters is 1. The number of oxime groups is 1. The van der Waals surface area contributed by atoms with Crippen molar-refractivity contribution < 1.29 is 23.6 Å². The third-order valence-electron chi connectivity index (χ3n) is 4.76. The van der Waals surface area contributed by atoms with Gasteiger partial charge in [0.05, 0.1) is 19.9 Å². The Hall–Kier alpha value is -4.01. The monoisotopic (exact) mass is 420 g/mol. The lowest BCUT2D eigenvalue weighted by molar-refractivity contribution is -0.144. The standard InChI is InChI=1S/C22H20N4O5/c1-29-22(28)19-10-8-16(30-19)14-26-20(17-13-23-11-12-24-17)25-31-18(21(26)27)9-7-15-5-3-2-4-6-15/h2-6,8,10-13,18H,7,9,14H2,1H3. The summed E-state index contributed by atoms with van der Waals surface area (Å²) in [5, 5.41) is 4.17. The maximum Gasteiger partial charge on any atom is 0.373 e. The molecule has 0 spiro atoms. The molecule has 1 aliphatic rings. The number of benzene rings is 1. The van der Waals surface area contributed by atoms with Gasteiger partial charge in [-0.3, -0.25) is 14.7 Å². The van der Waals surface area contributed by atoms with E-state index in [0.717, 1.165) is 5.56 Å². The largest absolute Gasteiger partial charge is 0.463 e. The average Bonchev–Trinajstić information content (AvgIpc) is 3.29. The van der Waals surface area contributed by atoms with Crippen LogP contribution in [0.4, 0.5) is 0 Å². The Labute approximate surface area is 178 Å². The van der Waals surface area contributed by atoms with Gasteiger partial charge in [0.25, 0.3) is 5.91 Å². The lowest BCUT2D eigenvalue weighted by atomic mass is 10.1. The smallest absolute Gasteiger partial charge is 0.373 e. The second kappa shape index (κ2) is 9.21. The molecule has 1 aromatic carbocycles. The summed E-state index contributed by atoms with van der Waals surface area (Å²) >= 11 is 0. The fourth-order valence-electron chi connectivity index (χ4n) is 3.19. The van der Waals surface area contributed by atoms with Crippen molar-refractivity contribution in [1.82, 2.24) is 14.9 Å². The molecule has 0 saturated heterocycles. The maximum absolute atomic E-state index is 13.3. The van der Waals surface area contributed by atoms with Crippen LogP contribution in [-0.4, -0.2) is 45.8 Å². The van der Waals surface area contributed by atoms with Crippen LogP contribution in [0.3, 0.4) is 0 Å². The fraction of sp³-hybridized carbons (Fsp3) is 0.227. The van der Waals surface area contributed by atoms with E-state index >= 15 is 0 Å². The summed E-state index contributed by atoms with van der Waals surface area (Å²) in [5.41, 5.74) is 1.49. The van der Waals surface area contributed by atoms with Crippen LogP contribution in [0.15, 0.2) is 70.6 Å². The van der Waals surface area contributed by atoms with E-state index in [1.807, 2.05) is 30.3 Å². The first kappa shape index (κ1) is 20.3. The summed E-state index contributed by atoms with van der Waals surface area (Å²) in [7, 11) is 1.27. The van der Waals surface area contributed by atoms with Crippen molar-refractivity contribution in [2.24, 2.45) is 5.16 Å². The molecule has 0 fully saturated rings. The first-order chi connectivity index (χ1) is 15.2. The number of aromatic nitrogens is 2. The normalized spacial score (nSPS) is 15.9. The number of ether oxygens (including phenoxy) is 1. The predicted octanol–water partition coefficient (Wildman–Crippen LogP) is 2.58. The summed E-state index contributed by atoms with van der Waals surface area (Å²) in [4.78, 5) is 40.2. The van der Waals surface area contributed by atoms with Gasteiger partial charge in [-0.2, -0.15) is 0 Å². The van der Waals surface area contributed by atoms with Gasteiger partial charge >= 0.3 is 5.97 Å². The first-order valence-corrected chi connectivity index (χ1v) is 9.68. The van der Waals surface area contributed by atoms with Crippen LogP contribution in [-0.2, 0) is 27.3 Å². The van der Waals surface area contributed by atoms with Crippen molar-refractivity contribution in [2.45, 2.75) is 25.5 Å². The highest BCUT2D eigenvalue weighted by Crippen LogP contribution is 2.21. The molecule has 4 rings (SSSR count). The minimum atomic E-state index is -0.754. The first-order valence-electron chi connectivity index (χ1n) is 9.68. The van der Waals surface area contributed by atoms with Crippen LogP contribution in [0.1, 0.15) is 34.0 Å². The number of carbonyl (C=O) groups is 2. The van der Waals surface area contributed by atoms with Gasteiger partial charge in [0, 0.05) is 18.8 Å². The van der Waals surface area contributed by atoms with Crippen molar-refractivity contribution >= 4 is 17.7 Å². The zero-order valence-electron chi connectivity index (χ0n) is 16.8. The Bertz CT molecular complexity index is 1080. The lowest BCUT2D eigenvalue weighted by Crippen LogP contribution is -2.47. The van der Waals surface area contributed by atoms with Gasteiger partial charge in [0.15, 0.2) is 0 Å². The molecular weight excluding hydrogens is 400 g/mol. The molecule has 1 aliphatic heterocycles. The van der Waals surface area contributed by atoms with Crippen LogP contribution < -0.4 is 0 Å². The number of hydrogen-bond acceptors (Lipinski definition) is 8. The summed E-state index contributed by atoms with van der Waals surface area (Å²) < 4.78 is 10.2. The van der Waals surface area contributed by atoms with E-state index in [-0.39, 0.29) is 24.0 Å². The number of aryl methyl sites for hydroxylation is 1. The van der Waals surface area contributed by atoms with Crippen LogP contribution in [0.25, 0.3) is 0 Å². The summed E-state index contributed by atoms with van der Waals surface area (Å²) in [5.74, 6) is -0.193. The molecule has 0 radical (unpaired) electrons. The molecule has 3 heterocycles. The molecule has 3 aromatic rings. The highest BCUT2D eigenvalue weighted by atomic mass is 16.6. The third kappa shape index (κ3) is 4.61. The Morgan fingerprint density at radius 2 is 2.00 bits per heavy atom. The molecule has 0 aliphatic carbocycles. The van der Waals surface area contributed by atoms with Crippen LogP contribution >= 0.6 is 0 Å². The molecule has 31 heavy (non-hydrogen) atoms. The average molecular weight is 420 g/mol. The quantitative estimate of drug-likeness (QED) is 0.541. The molecule has 0 N–H and O–H groups in total.